The third-order valence-corrected chi connectivity index (χ3v) is 4.23. The van der Waals surface area contributed by atoms with Gasteiger partial charge in [-0.2, -0.15) is 5.21 Å². The first-order valence-corrected chi connectivity index (χ1v) is 8.65. The van der Waals surface area contributed by atoms with Gasteiger partial charge in [-0.3, -0.25) is 9.59 Å². The second-order valence-electron chi connectivity index (χ2n) is 6.25. The topological polar surface area (TPSA) is 166 Å². The number of hydrogen-bond acceptors (Lipinski definition) is 10. The van der Waals surface area contributed by atoms with Crippen molar-refractivity contribution < 1.29 is 24.1 Å². The molecule has 1 aliphatic heterocycles. The first kappa shape index (κ1) is 19.6. The number of ketones is 2. The molecule has 2 heterocycles. The molecule has 1 aromatic heterocycles. The standard InChI is InChI=1S/C16H19BN6O5/c1-9(24)12-4-2-3-10-7-11(17(26)28-15(10)12)8-13(25)14(21-27-6-5-18)16-19-22-23-20-16/h2-4,11,26H,5-8,18H2,1H3,(H,19,20,22,23)/t11-/m1/s1. The molecule has 0 spiro atoms. The van der Waals surface area contributed by atoms with E-state index in [0.717, 1.165) is 5.56 Å². The zero-order valence-electron chi connectivity index (χ0n) is 15.2. The summed E-state index contributed by atoms with van der Waals surface area (Å²) in [5.41, 5.74) is 6.36. The van der Waals surface area contributed by atoms with Gasteiger partial charge in [0.25, 0.3) is 0 Å². The molecule has 146 valence electrons. The summed E-state index contributed by atoms with van der Waals surface area (Å²) in [7, 11) is -1.26. The van der Waals surface area contributed by atoms with Crippen LogP contribution in [-0.2, 0) is 16.1 Å². The number of nitrogens with two attached hydrogens (primary N) is 1. The molecule has 2 aromatic rings. The zero-order chi connectivity index (χ0) is 20.1. The monoisotopic (exact) mass is 386 g/mol. The van der Waals surface area contributed by atoms with Crippen molar-refractivity contribution in [1.82, 2.24) is 20.6 Å². The zero-order valence-corrected chi connectivity index (χ0v) is 15.2. The Morgan fingerprint density at radius 1 is 1.50 bits per heavy atom. The molecule has 12 heteroatoms. The second-order valence-corrected chi connectivity index (χ2v) is 6.25. The van der Waals surface area contributed by atoms with Gasteiger partial charge in [-0.15, -0.1) is 10.2 Å². The van der Waals surface area contributed by atoms with Gasteiger partial charge in [-0.05, 0) is 30.2 Å². The van der Waals surface area contributed by atoms with E-state index in [9.17, 15) is 14.6 Å². The number of H-pyrrole nitrogens is 1. The maximum Gasteiger partial charge on any atom is 0.526 e. The summed E-state index contributed by atoms with van der Waals surface area (Å²) in [5.74, 6) is -0.828. The maximum absolute atomic E-state index is 12.8. The Morgan fingerprint density at radius 2 is 2.32 bits per heavy atom. The molecule has 4 N–H and O–H groups in total. The predicted molar refractivity (Wildman–Crippen MR) is 97.8 cm³/mol. The number of carbonyl (C=O) groups excluding carboxylic acids is 2. The highest BCUT2D eigenvalue weighted by atomic mass is 16.6. The van der Waals surface area contributed by atoms with Crippen LogP contribution in [0.2, 0.25) is 5.82 Å². The van der Waals surface area contributed by atoms with Crippen LogP contribution in [0.25, 0.3) is 0 Å². The Balaban J connectivity index is 1.79. The summed E-state index contributed by atoms with van der Waals surface area (Å²) < 4.78 is 5.55. The van der Waals surface area contributed by atoms with Gasteiger partial charge in [-0.1, -0.05) is 17.3 Å². The van der Waals surface area contributed by atoms with Gasteiger partial charge in [0.2, 0.25) is 5.82 Å². The van der Waals surface area contributed by atoms with Crippen molar-refractivity contribution in [2.24, 2.45) is 10.9 Å². The summed E-state index contributed by atoms with van der Waals surface area (Å²) in [6, 6.07) is 5.17. The lowest BCUT2D eigenvalue weighted by Crippen LogP contribution is -2.37. The molecule has 0 aliphatic carbocycles. The highest BCUT2D eigenvalue weighted by Crippen LogP contribution is 2.36. The predicted octanol–water partition coefficient (Wildman–Crippen LogP) is -0.473. The number of carbonyl (C=O) groups is 2. The number of para-hydroxylation sites is 1. The first-order valence-electron chi connectivity index (χ1n) is 8.65. The molecule has 0 radical (unpaired) electrons. The molecule has 0 bridgehead atoms. The summed E-state index contributed by atoms with van der Waals surface area (Å²) in [5, 5.41) is 27.3. The van der Waals surface area contributed by atoms with Crippen molar-refractivity contribution in [3.63, 3.8) is 0 Å². The number of rotatable bonds is 8. The average Bonchev–Trinajstić information content (AvgIpc) is 3.19. The fourth-order valence-electron chi connectivity index (χ4n) is 2.91. The van der Waals surface area contributed by atoms with Crippen LogP contribution in [0.1, 0.15) is 35.1 Å². The summed E-state index contributed by atoms with van der Waals surface area (Å²) in [6.07, 6.45) is 0.261. The van der Waals surface area contributed by atoms with Crippen LogP contribution < -0.4 is 10.4 Å². The molecule has 1 atom stereocenters. The third-order valence-electron chi connectivity index (χ3n) is 4.23. The number of fused-ring (bicyclic) bond motifs is 1. The second kappa shape index (κ2) is 8.72. The molecule has 0 saturated carbocycles. The minimum Gasteiger partial charge on any atom is -0.535 e. The lowest BCUT2D eigenvalue weighted by molar-refractivity contribution is -0.113. The molecule has 28 heavy (non-hydrogen) atoms. The van der Waals surface area contributed by atoms with E-state index in [4.69, 9.17) is 15.2 Å². The van der Waals surface area contributed by atoms with Crippen LogP contribution in [0.5, 0.6) is 5.75 Å². The Morgan fingerprint density at radius 3 is 3.00 bits per heavy atom. The van der Waals surface area contributed by atoms with Crippen molar-refractivity contribution >= 4 is 24.4 Å². The van der Waals surface area contributed by atoms with Crippen LogP contribution in [-0.4, -0.2) is 63.2 Å². The van der Waals surface area contributed by atoms with E-state index < -0.39 is 18.7 Å². The Hall–Kier alpha value is -3.12. The molecular formula is C16H19BN6O5. The summed E-state index contributed by atoms with van der Waals surface area (Å²) >= 11 is 0. The van der Waals surface area contributed by atoms with E-state index in [0.29, 0.717) is 17.7 Å². The molecule has 0 unspecified atom stereocenters. The number of Topliss-reactive ketones (excluding diaryl/α,β-unsaturated/α-hetero) is 2. The van der Waals surface area contributed by atoms with Crippen molar-refractivity contribution in [1.29, 1.82) is 0 Å². The molecule has 1 aromatic carbocycles. The fourth-order valence-corrected chi connectivity index (χ4v) is 2.91. The molecule has 0 fully saturated rings. The van der Waals surface area contributed by atoms with E-state index in [1.165, 1.54) is 6.92 Å². The third kappa shape index (κ3) is 4.23. The van der Waals surface area contributed by atoms with E-state index in [1.54, 1.807) is 18.2 Å². The molecule has 3 rings (SSSR count). The fraction of sp³-hybridized carbons (Fsp3) is 0.375. The Labute approximate surface area is 160 Å². The number of aromatic nitrogens is 4. The van der Waals surface area contributed by atoms with Gasteiger partial charge in [-0.25, -0.2) is 0 Å². The van der Waals surface area contributed by atoms with Crippen LogP contribution in [0, 0.1) is 0 Å². The minimum atomic E-state index is -1.26. The normalized spacial score (nSPS) is 16.3. The molecule has 0 saturated heterocycles. The molecule has 1 aliphatic rings. The van der Waals surface area contributed by atoms with Gasteiger partial charge in [0.1, 0.15) is 12.4 Å². The van der Waals surface area contributed by atoms with Gasteiger partial charge < -0.3 is 20.2 Å². The van der Waals surface area contributed by atoms with Gasteiger partial charge in [0.05, 0.1) is 5.56 Å². The van der Waals surface area contributed by atoms with E-state index in [1.807, 2.05) is 0 Å². The van der Waals surface area contributed by atoms with Gasteiger partial charge in [0, 0.05) is 18.8 Å². The van der Waals surface area contributed by atoms with Crippen molar-refractivity contribution in [2.75, 3.05) is 13.2 Å². The van der Waals surface area contributed by atoms with Crippen LogP contribution in [0.15, 0.2) is 23.4 Å². The number of tetrazole rings is 1. The van der Waals surface area contributed by atoms with Crippen molar-refractivity contribution in [3.05, 3.63) is 35.2 Å². The number of nitrogens with one attached hydrogen (secondary N) is 1. The Kier molecular flexibility index (Phi) is 6.11. The van der Waals surface area contributed by atoms with Crippen LogP contribution in [0.4, 0.5) is 0 Å². The highest BCUT2D eigenvalue weighted by molar-refractivity contribution is 6.50. The van der Waals surface area contributed by atoms with Crippen molar-refractivity contribution in [3.8, 4) is 5.75 Å². The number of nitrogens with zero attached hydrogens (tertiary/aromatic N) is 4. The molecule has 0 amide bonds. The van der Waals surface area contributed by atoms with E-state index in [2.05, 4.69) is 25.8 Å². The molecular weight excluding hydrogens is 367 g/mol. The number of aromatic amines is 1. The smallest absolute Gasteiger partial charge is 0.526 e. The van der Waals surface area contributed by atoms with Crippen molar-refractivity contribution in [2.45, 2.75) is 25.6 Å². The maximum atomic E-state index is 12.8. The van der Waals surface area contributed by atoms with E-state index in [-0.39, 0.29) is 36.9 Å². The summed E-state index contributed by atoms with van der Waals surface area (Å²) in [4.78, 5) is 29.5. The highest BCUT2D eigenvalue weighted by Gasteiger charge is 2.38. The van der Waals surface area contributed by atoms with Crippen LogP contribution >= 0.6 is 0 Å². The lowest BCUT2D eigenvalue weighted by Gasteiger charge is -2.28. The largest absolute Gasteiger partial charge is 0.535 e. The Bertz CT molecular complexity index is 888. The quantitative estimate of drug-likeness (QED) is 0.179. The number of oxime groups is 1. The average molecular weight is 386 g/mol. The van der Waals surface area contributed by atoms with Gasteiger partial charge >= 0.3 is 7.12 Å². The van der Waals surface area contributed by atoms with Crippen LogP contribution in [0.3, 0.4) is 0 Å². The minimum absolute atomic E-state index is 0.0208. The number of benzene rings is 1. The number of hydrogen-bond donors (Lipinski definition) is 3. The van der Waals surface area contributed by atoms with E-state index >= 15 is 0 Å². The first-order chi connectivity index (χ1) is 13.5. The summed E-state index contributed by atoms with van der Waals surface area (Å²) in [6.45, 7) is 1.77. The lowest BCUT2D eigenvalue weighted by atomic mass is 9.64. The molecule has 11 nitrogen and oxygen atoms in total. The van der Waals surface area contributed by atoms with Gasteiger partial charge in [0.15, 0.2) is 17.3 Å². The SMILES string of the molecule is CC(=O)c1cccc2c1OB(O)[C@@H](CC(=O)C(=NOCCN)c1nn[nH]n1)C2.